The standard InChI is InChI=1S/C21H26O4/c1-11(22)21-17(25-21)9-15-14-5-4-12-8-13(23)6-7-19(12,2)18(14)16(24)10-20(15,21)3/h6-8,14-18,24H,4-5,9-10H2,1-3H3/t14?,15?,16-,17-,18?,19?,20?,21-/m1/s1. The molecule has 1 aliphatic heterocycles. The quantitative estimate of drug-likeness (QED) is 0.744. The van der Waals surface area contributed by atoms with Gasteiger partial charge in [0, 0.05) is 16.7 Å². The molecular formula is C21H26O4. The van der Waals surface area contributed by atoms with E-state index in [0.717, 1.165) is 19.3 Å². The highest BCUT2D eigenvalue weighted by molar-refractivity contribution is 6.01. The molecule has 5 unspecified atom stereocenters. The Kier molecular flexibility index (Phi) is 2.89. The van der Waals surface area contributed by atoms with Gasteiger partial charge in [0.2, 0.25) is 0 Å². The van der Waals surface area contributed by atoms with Crippen LogP contribution in [0.5, 0.6) is 0 Å². The number of rotatable bonds is 1. The Balaban J connectivity index is 1.57. The molecule has 0 radical (unpaired) electrons. The van der Waals surface area contributed by atoms with Gasteiger partial charge in [0.15, 0.2) is 17.2 Å². The van der Waals surface area contributed by atoms with Gasteiger partial charge in [-0.15, -0.1) is 0 Å². The topological polar surface area (TPSA) is 66.9 Å². The number of ketones is 2. The number of Topliss-reactive ketones (excluding diaryl/α,β-unsaturated/α-hetero) is 1. The number of fused-ring (bicyclic) bond motifs is 7. The number of allylic oxidation sites excluding steroid dienone is 4. The van der Waals surface area contributed by atoms with Crippen LogP contribution in [0, 0.1) is 28.6 Å². The van der Waals surface area contributed by atoms with Crippen molar-refractivity contribution >= 4 is 11.6 Å². The number of carbonyl (C=O) groups is 2. The number of hydrogen-bond donors (Lipinski definition) is 1. The molecule has 134 valence electrons. The third-order valence-corrected chi connectivity index (χ3v) is 8.45. The SMILES string of the molecule is CC(=O)[C@@]12O[C@@H]1CC1C3CCC4=CC(=O)C=CC4(C)C3[C@H](O)CC12C. The lowest BCUT2D eigenvalue weighted by molar-refractivity contribution is -0.152. The predicted molar refractivity (Wildman–Crippen MR) is 91.7 cm³/mol. The van der Waals surface area contributed by atoms with Gasteiger partial charge in [0.25, 0.3) is 0 Å². The number of ether oxygens (including phenoxy) is 1. The summed E-state index contributed by atoms with van der Waals surface area (Å²) >= 11 is 0. The molecule has 25 heavy (non-hydrogen) atoms. The summed E-state index contributed by atoms with van der Waals surface area (Å²) in [5, 5.41) is 11.2. The molecular weight excluding hydrogens is 316 g/mol. The zero-order valence-electron chi connectivity index (χ0n) is 15.1. The largest absolute Gasteiger partial charge is 0.393 e. The molecule has 1 heterocycles. The van der Waals surface area contributed by atoms with Crippen LogP contribution < -0.4 is 0 Å². The third kappa shape index (κ3) is 1.66. The van der Waals surface area contributed by atoms with Crippen molar-refractivity contribution < 1.29 is 19.4 Å². The summed E-state index contributed by atoms with van der Waals surface area (Å²) in [4.78, 5) is 24.2. The van der Waals surface area contributed by atoms with Gasteiger partial charge in [-0.25, -0.2) is 0 Å². The van der Waals surface area contributed by atoms with Crippen LogP contribution in [0.4, 0.5) is 0 Å². The zero-order chi connectivity index (χ0) is 17.8. The Hall–Kier alpha value is -1.26. The summed E-state index contributed by atoms with van der Waals surface area (Å²) in [5.41, 5.74) is 0.00769. The summed E-state index contributed by atoms with van der Waals surface area (Å²) < 4.78 is 5.92. The van der Waals surface area contributed by atoms with Gasteiger partial charge in [-0.2, -0.15) is 0 Å². The second kappa shape index (κ2) is 4.52. The molecule has 4 heteroatoms. The maximum Gasteiger partial charge on any atom is 0.178 e. The van der Waals surface area contributed by atoms with Crippen LogP contribution in [0.1, 0.15) is 46.5 Å². The van der Waals surface area contributed by atoms with Crippen molar-refractivity contribution in [1.82, 2.24) is 0 Å². The van der Waals surface area contributed by atoms with Crippen molar-refractivity contribution in [1.29, 1.82) is 0 Å². The lowest BCUT2D eigenvalue weighted by Crippen LogP contribution is -2.59. The Morgan fingerprint density at radius 3 is 2.84 bits per heavy atom. The molecule has 0 aromatic carbocycles. The van der Waals surface area contributed by atoms with E-state index >= 15 is 0 Å². The van der Waals surface area contributed by atoms with Crippen molar-refractivity contribution in [3.8, 4) is 0 Å². The third-order valence-electron chi connectivity index (χ3n) is 8.45. The second-order valence-corrected chi connectivity index (χ2v) is 9.35. The summed E-state index contributed by atoms with van der Waals surface area (Å²) in [6.07, 6.45) is 8.48. The minimum Gasteiger partial charge on any atom is -0.393 e. The molecule has 0 bridgehead atoms. The van der Waals surface area contributed by atoms with E-state index in [0.29, 0.717) is 18.3 Å². The Labute approximate surface area is 148 Å². The fourth-order valence-electron chi connectivity index (χ4n) is 7.38. The normalized spacial score (nSPS) is 55.6. The first kappa shape index (κ1) is 16.0. The monoisotopic (exact) mass is 342 g/mol. The van der Waals surface area contributed by atoms with Crippen LogP contribution in [0.2, 0.25) is 0 Å². The summed E-state index contributed by atoms with van der Waals surface area (Å²) in [6.45, 7) is 5.99. The highest BCUT2D eigenvalue weighted by Crippen LogP contribution is 2.73. The van der Waals surface area contributed by atoms with E-state index in [9.17, 15) is 14.7 Å². The number of aliphatic hydroxyl groups excluding tert-OH is 1. The van der Waals surface area contributed by atoms with E-state index in [4.69, 9.17) is 4.74 Å². The fourth-order valence-corrected chi connectivity index (χ4v) is 7.38. The minimum atomic E-state index is -0.654. The van der Waals surface area contributed by atoms with Crippen LogP contribution in [0.3, 0.4) is 0 Å². The number of epoxide rings is 1. The van der Waals surface area contributed by atoms with E-state index in [1.165, 1.54) is 5.57 Å². The smallest absolute Gasteiger partial charge is 0.178 e. The average molecular weight is 342 g/mol. The van der Waals surface area contributed by atoms with E-state index in [1.807, 2.05) is 6.08 Å². The summed E-state index contributed by atoms with van der Waals surface area (Å²) in [5.74, 6) is 1.09. The van der Waals surface area contributed by atoms with Gasteiger partial charge < -0.3 is 9.84 Å². The maximum atomic E-state index is 12.4. The predicted octanol–water partition coefficient (Wildman–Crippen LogP) is 2.60. The van der Waals surface area contributed by atoms with Crippen molar-refractivity contribution in [3.63, 3.8) is 0 Å². The molecule has 8 atom stereocenters. The molecule has 3 saturated carbocycles. The Morgan fingerprint density at radius 2 is 2.12 bits per heavy atom. The van der Waals surface area contributed by atoms with Crippen LogP contribution in [0.15, 0.2) is 23.8 Å². The van der Waals surface area contributed by atoms with E-state index in [1.54, 1.807) is 19.1 Å². The molecule has 0 aromatic heterocycles. The summed E-state index contributed by atoms with van der Waals surface area (Å²) in [6, 6.07) is 0. The highest BCUT2D eigenvalue weighted by Gasteiger charge is 2.80. The van der Waals surface area contributed by atoms with Gasteiger partial charge in [0.1, 0.15) is 0 Å². The van der Waals surface area contributed by atoms with Crippen LogP contribution in [0.25, 0.3) is 0 Å². The van der Waals surface area contributed by atoms with Gasteiger partial charge >= 0.3 is 0 Å². The van der Waals surface area contributed by atoms with Crippen LogP contribution in [-0.4, -0.2) is 34.5 Å². The lowest BCUT2D eigenvalue weighted by Gasteiger charge is -2.59. The van der Waals surface area contributed by atoms with Crippen molar-refractivity contribution in [2.24, 2.45) is 28.6 Å². The number of aliphatic hydroxyl groups is 1. The van der Waals surface area contributed by atoms with Gasteiger partial charge in [-0.05, 0) is 56.6 Å². The molecule has 4 aliphatic carbocycles. The first-order valence-corrected chi connectivity index (χ1v) is 9.55. The van der Waals surface area contributed by atoms with Gasteiger partial charge in [-0.1, -0.05) is 25.5 Å². The lowest BCUT2D eigenvalue weighted by atomic mass is 9.46. The van der Waals surface area contributed by atoms with Crippen molar-refractivity contribution in [2.45, 2.75) is 64.3 Å². The molecule has 4 fully saturated rings. The maximum absolute atomic E-state index is 12.4. The van der Waals surface area contributed by atoms with E-state index < -0.39 is 11.7 Å². The molecule has 5 aliphatic rings. The molecule has 0 aromatic rings. The molecule has 1 saturated heterocycles. The first-order valence-electron chi connectivity index (χ1n) is 9.55. The number of carbonyl (C=O) groups excluding carboxylic acids is 2. The van der Waals surface area contributed by atoms with Gasteiger partial charge in [0.05, 0.1) is 12.2 Å². The molecule has 4 nitrogen and oxygen atoms in total. The summed E-state index contributed by atoms with van der Waals surface area (Å²) in [7, 11) is 0. The Morgan fingerprint density at radius 1 is 1.36 bits per heavy atom. The molecule has 0 amide bonds. The highest BCUT2D eigenvalue weighted by atomic mass is 16.6. The molecule has 0 spiro atoms. The van der Waals surface area contributed by atoms with Crippen molar-refractivity contribution in [2.75, 3.05) is 0 Å². The minimum absolute atomic E-state index is 0.0409. The van der Waals surface area contributed by atoms with Gasteiger partial charge in [-0.3, -0.25) is 9.59 Å². The van der Waals surface area contributed by atoms with Crippen LogP contribution >= 0.6 is 0 Å². The fraction of sp³-hybridized carbons (Fsp3) is 0.714. The molecule has 5 rings (SSSR count). The van der Waals surface area contributed by atoms with Crippen molar-refractivity contribution in [3.05, 3.63) is 23.8 Å². The Bertz CT molecular complexity index is 751. The second-order valence-electron chi connectivity index (χ2n) is 9.35. The van der Waals surface area contributed by atoms with E-state index in [-0.39, 0.29) is 34.4 Å². The van der Waals surface area contributed by atoms with E-state index in [2.05, 4.69) is 13.8 Å². The number of hydrogen-bond acceptors (Lipinski definition) is 4. The first-order chi connectivity index (χ1) is 11.7. The zero-order valence-corrected chi connectivity index (χ0v) is 15.1. The van der Waals surface area contributed by atoms with Crippen LogP contribution in [-0.2, 0) is 14.3 Å². The average Bonchev–Trinajstić information content (AvgIpc) is 3.22. The molecule has 1 N–H and O–H groups in total.